The highest BCUT2D eigenvalue weighted by molar-refractivity contribution is 14.0. The molecule has 2 rings (SSSR count). The fourth-order valence-corrected chi connectivity index (χ4v) is 2.72. The molecule has 0 saturated heterocycles. The lowest BCUT2D eigenvalue weighted by molar-refractivity contribution is -0.127. The molecule has 3 N–H and O–H groups in total. The molecule has 2 amide bonds. The van der Waals surface area contributed by atoms with Gasteiger partial charge in [-0.05, 0) is 51.7 Å². The number of guanidine groups is 1. The van der Waals surface area contributed by atoms with Gasteiger partial charge in [0.25, 0.3) is 0 Å². The molecule has 31 heavy (non-hydrogen) atoms. The van der Waals surface area contributed by atoms with E-state index in [0.717, 1.165) is 18.6 Å². The second-order valence-corrected chi connectivity index (χ2v) is 8.68. The van der Waals surface area contributed by atoms with E-state index in [1.807, 2.05) is 32.9 Å². The number of likely N-dealkylation sites (N-methyl/N-ethyl adjacent to an activating group) is 1. The van der Waals surface area contributed by atoms with Crippen molar-refractivity contribution in [1.82, 2.24) is 20.9 Å². The molecule has 1 saturated carbocycles. The second-order valence-electron chi connectivity index (χ2n) is 8.68. The van der Waals surface area contributed by atoms with Crippen molar-refractivity contribution in [1.29, 1.82) is 0 Å². The average molecular weight is 549 g/mol. The van der Waals surface area contributed by atoms with Gasteiger partial charge < -0.3 is 30.0 Å². The molecule has 176 valence electrons. The Morgan fingerprint density at radius 3 is 2.55 bits per heavy atom. The molecule has 1 aromatic rings. The molecule has 1 atom stereocenters. The van der Waals surface area contributed by atoms with E-state index in [9.17, 15) is 9.59 Å². The van der Waals surface area contributed by atoms with Crippen LogP contribution in [0.15, 0.2) is 27.8 Å². The van der Waals surface area contributed by atoms with Crippen molar-refractivity contribution in [2.45, 2.75) is 51.7 Å². The first-order valence-corrected chi connectivity index (χ1v) is 10.4. The zero-order valence-electron chi connectivity index (χ0n) is 19.1. The maximum Gasteiger partial charge on any atom is 0.407 e. The Kier molecular flexibility index (Phi) is 11.1. The van der Waals surface area contributed by atoms with E-state index in [1.54, 1.807) is 20.4 Å². The summed E-state index contributed by atoms with van der Waals surface area (Å²) in [6.45, 7) is 6.65. The Hall–Kier alpha value is -1.98. The summed E-state index contributed by atoms with van der Waals surface area (Å²) in [7, 11) is 3.40. The van der Waals surface area contributed by atoms with Crippen molar-refractivity contribution < 1.29 is 18.7 Å². The van der Waals surface area contributed by atoms with Crippen LogP contribution in [0.3, 0.4) is 0 Å². The summed E-state index contributed by atoms with van der Waals surface area (Å²) >= 11 is 0. The highest BCUT2D eigenvalue weighted by Gasteiger charge is 2.33. The van der Waals surface area contributed by atoms with Gasteiger partial charge in [0.1, 0.15) is 17.9 Å². The molecule has 1 unspecified atom stereocenters. The minimum absolute atomic E-state index is 0. The number of carbonyl (C=O) groups is 2. The monoisotopic (exact) mass is 549 g/mol. The summed E-state index contributed by atoms with van der Waals surface area (Å²) in [6, 6.07) is 3.69. The van der Waals surface area contributed by atoms with Gasteiger partial charge in [0.05, 0.1) is 12.3 Å². The molecular weight excluding hydrogens is 513 g/mol. The Morgan fingerprint density at radius 2 is 2.00 bits per heavy atom. The summed E-state index contributed by atoms with van der Waals surface area (Å²) in [5.74, 6) is 1.72. The van der Waals surface area contributed by atoms with Crippen LogP contribution in [0, 0.1) is 5.92 Å². The molecule has 0 radical (unpaired) electrons. The smallest absolute Gasteiger partial charge is 0.407 e. The van der Waals surface area contributed by atoms with Gasteiger partial charge >= 0.3 is 6.09 Å². The largest absolute Gasteiger partial charge is 0.469 e. The number of rotatable bonds is 9. The minimum Gasteiger partial charge on any atom is -0.469 e. The molecule has 0 spiro atoms. The molecular formula is C21H36IN5O4. The van der Waals surface area contributed by atoms with Gasteiger partial charge in [-0.15, -0.1) is 24.0 Å². The molecule has 9 nitrogen and oxygen atoms in total. The third-order valence-corrected chi connectivity index (χ3v) is 4.50. The number of nitrogens with one attached hydrogen (secondary N) is 3. The summed E-state index contributed by atoms with van der Waals surface area (Å²) in [5.41, 5.74) is -0.543. The lowest BCUT2D eigenvalue weighted by atomic mass is 10.2. The standard InChI is InChI=1S/C21H35N5O4.HI/c1-21(2,3)30-20(28)25-17(15-8-9-15)13-23-19(24-14-18(27)26(4)5)22-11-10-16-7-6-12-29-16;/h6-7,12,15,17H,8-11,13-14H2,1-5H3,(H,25,28)(H2,22,23,24);1H. The van der Waals surface area contributed by atoms with Crippen LogP contribution < -0.4 is 16.0 Å². The van der Waals surface area contributed by atoms with E-state index in [1.165, 1.54) is 4.90 Å². The van der Waals surface area contributed by atoms with Crippen LogP contribution in [0.5, 0.6) is 0 Å². The maximum atomic E-state index is 12.2. The molecule has 0 aromatic carbocycles. The van der Waals surface area contributed by atoms with E-state index in [-0.39, 0.29) is 42.5 Å². The highest BCUT2D eigenvalue weighted by Crippen LogP contribution is 2.32. The number of aliphatic imine (C=N–C) groups is 1. The number of carbonyl (C=O) groups excluding carboxylic acids is 2. The van der Waals surface area contributed by atoms with Crippen LogP contribution >= 0.6 is 24.0 Å². The number of ether oxygens (including phenoxy) is 1. The fourth-order valence-electron chi connectivity index (χ4n) is 2.72. The van der Waals surface area contributed by atoms with E-state index in [0.29, 0.717) is 31.4 Å². The van der Waals surface area contributed by atoms with Crippen LogP contribution in [-0.4, -0.2) is 68.2 Å². The Morgan fingerprint density at radius 1 is 1.29 bits per heavy atom. The summed E-state index contributed by atoms with van der Waals surface area (Å²) in [4.78, 5) is 30.0. The highest BCUT2D eigenvalue weighted by atomic mass is 127. The normalized spacial score (nSPS) is 14.8. The number of amides is 2. The zero-order valence-corrected chi connectivity index (χ0v) is 21.4. The van der Waals surface area contributed by atoms with Crippen LogP contribution in [0.25, 0.3) is 0 Å². The van der Waals surface area contributed by atoms with E-state index >= 15 is 0 Å². The summed E-state index contributed by atoms with van der Waals surface area (Å²) in [5, 5.41) is 9.43. The van der Waals surface area contributed by atoms with Crippen LogP contribution in [0.2, 0.25) is 0 Å². The lowest BCUT2D eigenvalue weighted by Crippen LogP contribution is -2.49. The number of halogens is 1. The Bertz CT molecular complexity index is 712. The van der Waals surface area contributed by atoms with Crippen LogP contribution in [0.4, 0.5) is 4.79 Å². The molecule has 10 heteroatoms. The van der Waals surface area contributed by atoms with Gasteiger partial charge in [0, 0.05) is 33.6 Å². The van der Waals surface area contributed by atoms with Crippen molar-refractivity contribution in [3.63, 3.8) is 0 Å². The van der Waals surface area contributed by atoms with Crippen molar-refractivity contribution in [2.24, 2.45) is 10.9 Å². The van der Waals surface area contributed by atoms with Gasteiger partial charge in [-0.25, -0.2) is 9.79 Å². The molecule has 0 bridgehead atoms. The molecule has 1 heterocycles. The van der Waals surface area contributed by atoms with Gasteiger partial charge in [-0.2, -0.15) is 0 Å². The fraction of sp³-hybridized carbons (Fsp3) is 0.667. The van der Waals surface area contributed by atoms with Crippen molar-refractivity contribution in [2.75, 3.05) is 33.7 Å². The lowest BCUT2D eigenvalue weighted by Gasteiger charge is -2.24. The molecule has 0 aliphatic heterocycles. The third kappa shape index (κ3) is 11.3. The predicted octanol–water partition coefficient (Wildman–Crippen LogP) is 2.37. The number of hydrogen-bond donors (Lipinski definition) is 3. The summed E-state index contributed by atoms with van der Waals surface area (Å²) in [6.07, 6.45) is 4.05. The zero-order chi connectivity index (χ0) is 22.1. The number of hydrogen-bond acceptors (Lipinski definition) is 5. The van der Waals surface area contributed by atoms with Gasteiger partial charge in [0.15, 0.2) is 5.96 Å². The third-order valence-electron chi connectivity index (χ3n) is 4.50. The van der Waals surface area contributed by atoms with Crippen LogP contribution in [0.1, 0.15) is 39.4 Å². The molecule has 1 aromatic heterocycles. The van der Waals surface area contributed by atoms with E-state index in [4.69, 9.17) is 9.15 Å². The summed E-state index contributed by atoms with van der Waals surface area (Å²) < 4.78 is 10.7. The van der Waals surface area contributed by atoms with Gasteiger partial charge in [-0.3, -0.25) is 4.79 Å². The van der Waals surface area contributed by atoms with Crippen molar-refractivity contribution >= 4 is 41.9 Å². The SMILES string of the molecule is CN(C)C(=O)CN=C(NCCc1ccco1)NCC(NC(=O)OC(C)(C)C)C1CC1.I. The second kappa shape index (κ2) is 12.8. The predicted molar refractivity (Wildman–Crippen MR) is 131 cm³/mol. The first kappa shape index (κ1) is 27.1. The number of nitrogens with zero attached hydrogens (tertiary/aromatic N) is 2. The molecule has 1 fully saturated rings. The number of alkyl carbamates (subject to hydrolysis) is 1. The van der Waals surface area contributed by atoms with Crippen molar-refractivity contribution in [3.8, 4) is 0 Å². The van der Waals surface area contributed by atoms with Crippen molar-refractivity contribution in [3.05, 3.63) is 24.2 Å². The average Bonchev–Trinajstić information content (AvgIpc) is 3.36. The quantitative estimate of drug-likeness (QED) is 0.248. The van der Waals surface area contributed by atoms with Gasteiger partial charge in [0.2, 0.25) is 5.91 Å². The Balaban J connectivity index is 0.00000480. The first-order chi connectivity index (χ1) is 14.1. The maximum absolute atomic E-state index is 12.2. The van der Waals surface area contributed by atoms with Gasteiger partial charge in [-0.1, -0.05) is 0 Å². The van der Waals surface area contributed by atoms with E-state index in [2.05, 4.69) is 20.9 Å². The first-order valence-electron chi connectivity index (χ1n) is 10.4. The topological polar surface area (TPSA) is 108 Å². The van der Waals surface area contributed by atoms with E-state index < -0.39 is 11.7 Å². The van der Waals surface area contributed by atoms with Crippen LogP contribution in [-0.2, 0) is 16.0 Å². The number of furan rings is 1. The molecule has 1 aliphatic carbocycles. The minimum atomic E-state index is -0.543. The Labute approximate surface area is 201 Å². The molecule has 1 aliphatic rings.